The lowest BCUT2D eigenvalue weighted by atomic mass is 10.1. The molecule has 0 radical (unpaired) electrons. The van der Waals surface area contributed by atoms with E-state index in [4.69, 9.17) is 14.6 Å². The van der Waals surface area contributed by atoms with E-state index >= 15 is 0 Å². The van der Waals surface area contributed by atoms with Gasteiger partial charge in [-0.1, -0.05) is 12.1 Å². The maximum atomic E-state index is 12.1. The Bertz CT molecular complexity index is 669. The van der Waals surface area contributed by atoms with E-state index in [0.29, 0.717) is 33.7 Å². The van der Waals surface area contributed by atoms with Gasteiger partial charge >= 0.3 is 5.97 Å². The second-order valence-corrected chi connectivity index (χ2v) is 5.24. The number of carbonyl (C=O) groups excluding carboxylic acids is 2. The van der Waals surface area contributed by atoms with Crippen molar-refractivity contribution in [2.24, 2.45) is 0 Å². The quantitative estimate of drug-likeness (QED) is 0.826. The molecule has 0 bridgehead atoms. The summed E-state index contributed by atoms with van der Waals surface area (Å²) in [6, 6.07) is 5.12. The van der Waals surface area contributed by atoms with Gasteiger partial charge < -0.3 is 14.6 Å². The summed E-state index contributed by atoms with van der Waals surface area (Å²) in [6.45, 7) is -0.656. The van der Waals surface area contributed by atoms with Gasteiger partial charge in [-0.2, -0.15) is 0 Å². The number of carboxylic acids is 1. The average Bonchev–Trinajstić information content (AvgIpc) is 2.74. The minimum atomic E-state index is -1.25. The number of thioether (sulfide) groups is 1. The second kappa shape index (κ2) is 6.52. The molecule has 0 unspecified atom stereocenters. The molecular formula is C14H13NO6S. The number of nitrogens with zero attached hydrogens (tertiary/aromatic N) is 1. The van der Waals surface area contributed by atoms with Crippen LogP contribution in [0, 0.1) is 0 Å². The number of imide groups is 1. The molecule has 1 fully saturated rings. The molecule has 1 aromatic carbocycles. The molecule has 0 aliphatic carbocycles. The predicted octanol–water partition coefficient (Wildman–Crippen LogP) is 1.82. The molecule has 0 aromatic heterocycles. The van der Waals surface area contributed by atoms with E-state index in [1.54, 1.807) is 18.2 Å². The van der Waals surface area contributed by atoms with Crippen molar-refractivity contribution >= 4 is 35.0 Å². The highest BCUT2D eigenvalue weighted by Crippen LogP contribution is 2.36. The number of benzene rings is 1. The third-order valence-electron chi connectivity index (χ3n) is 2.89. The number of rotatable bonds is 5. The Morgan fingerprint density at radius 3 is 2.64 bits per heavy atom. The molecule has 2 amide bonds. The summed E-state index contributed by atoms with van der Waals surface area (Å²) in [5.74, 6) is -0.971. The maximum absolute atomic E-state index is 12.1. The number of ether oxygens (including phenoxy) is 2. The number of para-hydroxylation sites is 1. The van der Waals surface area contributed by atoms with Crippen LogP contribution in [0.3, 0.4) is 0 Å². The molecule has 1 saturated heterocycles. The summed E-state index contributed by atoms with van der Waals surface area (Å²) in [7, 11) is 2.95. The summed E-state index contributed by atoms with van der Waals surface area (Å²) < 4.78 is 10.4. The molecule has 1 aliphatic heterocycles. The molecule has 0 spiro atoms. The normalized spacial score (nSPS) is 16.3. The fourth-order valence-corrected chi connectivity index (χ4v) is 2.77. The zero-order valence-corrected chi connectivity index (χ0v) is 12.7. The number of carbonyl (C=O) groups is 3. The Kier molecular flexibility index (Phi) is 4.71. The number of carboxylic acid groups (broad SMARTS) is 1. The highest BCUT2D eigenvalue weighted by atomic mass is 32.2. The van der Waals surface area contributed by atoms with Gasteiger partial charge in [-0.05, 0) is 23.9 Å². The zero-order chi connectivity index (χ0) is 16.3. The fourth-order valence-electron chi connectivity index (χ4n) is 1.94. The molecule has 0 atom stereocenters. The van der Waals surface area contributed by atoms with Crippen LogP contribution in [0.4, 0.5) is 4.79 Å². The first-order valence-electron chi connectivity index (χ1n) is 6.16. The molecular weight excluding hydrogens is 310 g/mol. The van der Waals surface area contributed by atoms with Crippen molar-refractivity contribution in [3.8, 4) is 11.5 Å². The van der Waals surface area contributed by atoms with Gasteiger partial charge in [0.15, 0.2) is 11.5 Å². The Morgan fingerprint density at radius 1 is 1.32 bits per heavy atom. The number of aliphatic carboxylic acids is 1. The standard InChI is InChI=1S/C14H13NO6S/c1-20-9-5-3-4-8(12(9)21-2)6-10-13(18)15(7-11(16)17)14(19)22-10/h3-6H,7H2,1-2H3,(H,16,17)/b10-6-. The van der Waals surface area contributed by atoms with E-state index in [0.717, 1.165) is 0 Å². The monoisotopic (exact) mass is 323 g/mol. The molecule has 1 heterocycles. The molecule has 8 heteroatoms. The summed E-state index contributed by atoms with van der Waals surface area (Å²) in [5, 5.41) is 8.11. The Balaban J connectivity index is 2.37. The van der Waals surface area contributed by atoms with Gasteiger partial charge in [0.2, 0.25) is 0 Å². The van der Waals surface area contributed by atoms with Crippen LogP contribution >= 0.6 is 11.8 Å². The predicted molar refractivity (Wildman–Crippen MR) is 79.9 cm³/mol. The van der Waals surface area contributed by atoms with E-state index < -0.39 is 23.7 Å². The van der Waals surface area contributed by atoms with E-state index in [9.17, 15) is 14.4 Å². The summed E-state index contributed by atoms with van der Waals surface area (Å²) >= 11 is 0.690. The van der Waals surface area contributed by atoms with Crippen LogP contribution < -0.4 is 9.47 Å². The van der Waals surface area contributed by atoms with Gasteiger partial charge in [0.25, 0.3) is 11.1 Å². The van der Waals surface area contributed by atoms with Gasteiger partial charge in [0, 0.05) is 5.56 Å². The lowest BCUT2D eigenvalue weighted by Crippen LogP contribution is -2.33. The van der Waals surface area contributed by atoms with Gasteiger partial charge in [-0.15, -0.1) is 0 Å². The highest BCUT2D eigenvalue weighted by molar-refractivity contribution is 8.18. The minimum absolute atomic E-state index is 0.137. The van der Waals surface area contributed by atoms with Gasteiger partial charge in [0.05, 0.1) is 19.1 Å². The van der Waals surface area contributed by atoms with Crippen LogP contribution in [0.1, 0.15) is 5.56 Å². The Morgan fingerprint density at radius 2 is 2.05 bits per heavy atom. The SMILES string of the molecule is COc1cccc(/C=C2\SC(=O)N(CC(=O)O)C2=O)c1OC. The molecule has 1 aliphatic rings. The Labute approximate surface area is 130 Å². The van der Waals surface area contributed by atoms with Crippen LogP contribution in [-0.4, -0.2) is 47.9 Å². The minimum Gasteiger partial charge on any atom is -0.493 e. The molecule has 7 nitrogen and oxygen atoms in total. The lowest BCUT2D eigenvalue weighted by Gasteiger charge is -2.10. The van der Waals surface area contributed by atoms with Crippen LogP contribution in [-0.2, 0) is 9.59 Å². The zero-order valence-electron chi connectivity index (χ0n) is 11.9. The van der Waals surface area contributed by atoms with Crippen molar-refractivity contribution in [3.05, 3.63) is 28.7 Å². The number of hydrogen-bond donors (Lipinski definition) is 1. The lowest BCUT2D eigenvalue weighted by molar-refractivity contribution is -0.140. The van der Waals surface area contributed by atoms with Crippen molar-refractivity contribution in [2.75, 3.05) is 20.8 Å². The van der Waals surface area contributed by atoms with Crippen LogP contribution in [0.25, 0.3) is 6.08 Å². The molecule has 1 aromatic rings. The van der Waals surface area contributed by atoms with Crippen molar-refractivity contribution < 1.29 is 29.0 Å². The van der Waals surface area contributed by atoms with Crippen molar-refractivity contribution in [1.29, 1.82) is 0 Å². The first-order chi connectivity index (χ1) is 10.5. The highest BCUT2D eigenvalue weighted by Gasteiger charge is 2.36. The van der Waals surface area contributed by atoms with E-state index in [1.165, 1.54) is 20.3 Å². The van der Waals surface area contributed by atoms with E-state index in [-0.39, 0.29) is 4.91 Å². The second-order valence-electron chi connectivity index (χ2n) is 4.24. The largest absolute Gasteiger partial charge is 0.493 e. The van der Waals surface area contributed by atoms with Crippen molar-refractivity contribution in [1.82, 2.24) is 4.90 Å². The van der Waals surface area contributed by atoms with Gasteiger partial charge in [0.1, 0.15) is 6.54 Å². The topological polar surface area (TPSA) is 93.1 Å². The first kappa shape index (κ1) is 15.9. The number of methoxy groups -OCH3 is 2. The van der Waals surface area contributed by atoms with Crippen LogP contribution in [0.5, 0.6) is 11.5 Å². The number of amides is 2. The fraction of sp³-hybridized carbons (Fsp3) is 0.214. The average molecular weight is 323 g/mol. The van der Waals surface area contributed by atoms with E-state index in [1.807, 2.05) is 0 Å². The summed E-state index contributed by atoms with van der Waals surface area (Å²) in [5.41, 5.74) is 0.558. The van der Waals surface area contributed by atoms with Crippen LogP contribution in [0.2, 0.25) is 0 Å². The number of hydrogen-bond acceptors (Lipinski definition) is 6. The molecule has 2 rings (SSSR count). The third-order valence-corrected chi connectivity index (χ3v) is 3.79. The summed E-state index contributed by atoms with van der Waals surface area (Å²) in [4.78, 5) is 35.3. The third kappa shape index (κ3) is 3.06. The molecule has 116 valence electrons. The smallest absolute Gasteiger partial charge is 0.323 e. The molecule has 22 heavy (non-hydrogen) atoms. The molecule has 0 saturated carbocycles. The van der Waals surface area contributed by atoms with Crippen LogP contribution in [0.15, 0.2) is 23.1 Å². The Hall–Kier alpha value is -2.48. The van der Waals surface area contributed by atoms with Gasteiger partial charge in [-0.3, -0.25) is 19.3 Å². The summed E-state index contributed by atoms with van der Waals surface area (Å²) in [6.07, 6.45) is 1.48. The van der Waals surface area contributed by atoms with Crippen molar-refractivity contribution in [2.45, 2.75) is 0 Å². The first-order valence-corrected chi connectivity index (χ1v) is 6.97. The van der Waals surface area contributed by atoms with Crippen molar-refractivity contribution in [3.63, 3.8) is 0 Å². The maximum Gasteiger partial charge on any atom is 0.323 e. The van der Waals surface area contributed by atoms with Gasteiger partial charge in [-0.25, -0.2) is 0 Å². The molecule has 1 N–H and O–H groups in total. The van der Waals surface area contributed by atoms with E-state index in [2.05, 4.69) is 0 Å².